The number of hydrogen-bond acceptors (Lipinski definition) is 18. The molecule has 2 saturated heterocycles. The van der Waals surface area contributed by atoms with Crippen molar-refractivity contribution in [2.45, 2.75) is 87.0 Å². The molecule has 1 aromatic heterocycles. The number of amides is 2. The van der Waals surface area contributed by atoms with Crippen LogP contribution in [0.15, 0.2) is 17.1 Å². The monoisotopic (exact) mass is 743 g/mol. The van der Waals surface area contributed by atoms with Crippen molar-refractivity contribution in [1.82, 2.24) is 20.2 Å². The van der Waals surface area contributed by atoms with Crippen LogP contribution in [-0.4, -0.2) is 156 Å². The number of phosphoric ester groups is 1. The van der Waals surface area contributed by atoms with Crippen LogP contribution >= 0.6 is 7.82 Å². The van der Waals surface area contributed by atoms with E-state index in [9.17, 15) is 64.4 Å². The summed E-state index contributed by atoms with van der Waals surface area (Å²) in [5.41, 5.74) is 4.47. The van der Waals surface area contributed by atoms with Gasteiger partial charge in [-0.25, -0.2) is 18.7 Å². The SMILES string of the molecule is CCCOCCC(=O)NCC(=O)NC1C(O)CC(OP(=O)(O)OCC2OC(n3ccc(N)nc3=O)C(O)C2O)(C(=O)O)OC1C(O)[C@H](O)CO. The van der Waals surface area contributed by atoms with Gasteiger partial charge >= 0.3 is 19.5 Å². The molecule has 23 nitrogen and oxygen atoms in total. The summed E-state index contributed by atoms with van der Waals surface area (Å²) in [6.07, 6.45) is -14.7. The van der Waals surface area contributed by atoms with Crippen molar-refractivity contribution in [3.05, 3.63) is 22.7 Å². The number of carboxylic acids is 1. The number of carboxylic acid groups (broad SMARTS) is 1. The summed E-state index contributed by atoms with van der Waals surface area (Å²) in [5, 5.41) is 76.4. The number of nitrogens with zero attached hydrogens (tertiary/aromatic N) is 2. The Balaban J connectivity index is 1.73. The molecular formula is C26H42N5O18P. The normalized spacial score (nSPS) is 30.6. The van der Waals surface area contributed by atoms with Crippen LogP contribution in [0.2, 0.25) is 0 Å². The van der Waals surface area contributed by atoms with Crippen LogP contribution in [0.3, 0.4) is 0 Å². The molecule has 2 amide bonds. The van der Waals surface area contributed by atoms with Gasteiger partial charge in [0.25, 0.3) is 5.79 Å². The van der Waals surface area contributed by atoms with Crippen LogP contribution in [0.25, 0.3) is 0 Å². The predicted molar refractivity (Wildman–Crippen MR) is 161 cm³/mol. The second-order valence-electron chi connectivity index (χ2n) is 11.3. The Morgan fingerprint density at radius 3 is 2.52 bits per heavy atom. The van der Waals surface area contributed by atoms with E-state index in [1.165, 1.54) is 6.07 Å². The van der Waals surface area contributed by atoms with Gasteiger partial charge in [-0.05, 0) is 12.5 Å². The van der Waals surface area contributed by atoms with E-state index in [4.69, 9.17) is 29.0 Å². The van der Waals surface area contributed by atoms with Crippen molar-refractivity contribution < 1.29 is 82.8 Å². The zero-order valence-electron chi connectivity index (χ0n) is 26.6. The van der Waals surface area contributed by atoms with E-state index < -0.39 is 118 Å². The van der Waals surface area contributed by atoms with Crippen molar-refractivity contribution in [2.75, 3.05) is 38.7 Å². The summed E-state index contributed by atoms with van der Waals surface area (Å²) >= 11 is 0. The molecule has 24 heteroatoms. The Morgan fingerprint density at radius 1 is 1.20 bits per heavy atom. The molecule has 0 aliphatic carbocycles. The summed E-state index contributed by atoms with van der Waals surface area (Å²) in [5.74, 6) is -7.14. The molecule has 3 rings (SSSR count). The number of rotatable bonds is 18. The molecule has 0 saturated carbocycles. The van der Waals surface area contributed by atoms with Gasteiger partial charge in [-0.2, -0.15) is 4.98 Å². The van der Waals surface area contributed by atoms with Gasteiger partial charge in [-0.3, -0.25) is 18.7 Å². The number of carbonyl (C=O) groups excluding carboxylic acids is 2. The largest absolute Gasteiger partial charge is 0.477 e. The number of nitrogen functional groups attached to an aromatic ring is 1. The third-order valence-electron chi connectivity index (χ3n) is 7.54. The standard InChI is InChI=1S/C26H42N5O18P/c1-2-6-45-7-4-16(35)28-9-17(36)30-18-12(33)8-26(24(40)41,48-22(18)19(37)13(34)10-32)49-50(43,44)46-11-14-20(38)21(39)23(47-14)31-5-3-15(27)29-25(31)42/h3,5,12-14,18-23,32-34,37-39H,2,4,6-11H2,1H3,(H,28,35)(H,30,36)(H,40,41)(H,43,44)(H2,27,29,42)/t12?,13-,14?,18?,19?,20?,21?,22?,23?,26?/m1/s1. The van der Waals surface area contributed by atoms with Gasteiger partial charge in [0.1, 0.15) is 42.4 Å². The first-order chi connectivity index (χ1) is 23.4. The second kappa shape index (κ2) is 17.9. The first kappa shape index (κ1) is 41.3. The molecule has 2 aliphatic rings. The molecule has 12 N–H and O–H groups in total. The average Bonchev–Trinajstić information content (AvgIpc) is 3.33. The highest BCUT2D eigenvalue weighted by Crippen LogP contribution is 2.51. The molecule has 1 aromatic rings. The molecule has 0 radical (unpaired) electrons. The van der Waals surface area contributed by atoms with Gasteiger partial charge in [-0.15, -0.1) is 0 Å². The minimum atomic E-state index is -5.61. The number of aliphatic carboxylic acids is 1. The lowest BCUT2D eigenvalue weighted by atomic mass is 9.88. The number of anilines is 1. The van der Waals surface area contributed by atoms with Crippen LogP contribution in [0, 0.1) is 0 Å². The molecule has 3 heterocycles. The molecule has 2 fully saturated rings. The molecule has 0 spiro atoms. The zero-order chi connectivity index (χ0) is 37.4. The Labute approximate surface area is 283 Å². The van der Waals surface area contributed by atoms with Crippen molar-refractivity contribution in [2.24, 2.45) is 0 Å². The number of carbonyl (C=O) groups is 3. The van der Waals surface area contributed by atoms with Crippen LogP contribution in [0.4, 0.5) is 5.82 Å². The van der Waals surface area contributed by atoms with Gasteiger partial charge in [-0.1, -0.05) is 6.92 Å². The third-order valence-corrected chi connectivity index (χ3v) is 8.54. The first-order valence-corrected chi connectivity index (χ1v) is 16.7. The zero-order valence-corrected chi connectivity index (χ0v) is 27.5. The smallest absolute Gasteiger partial charge is 0.475 e. The summed E-state index contributed by atoms with van der Waals surface area (Å²) in [7, 11) is -5.61. The Bertz CT molecular complexity index is 1440. The minimum absolute atomic E-state index is 0.0820. The van der Waals surface area contributed by atoms with E-state index in [-0.39, 0.29) is 18.8 Å². The van der Waals surface area contributed by atoms with Crippen LogP contribution in [-0.2, 0) is 42.2 Å². The lowest BCUT2D eigenvalue weighted by Gasteiger charge is -2.46. The fraction of sp³-hybridized carbons (Fsp3) is 0.731. The van der Waals surface area contributed by atoms with Gasteiger partial charge in [0.2, 0.25) is 11.8 Å². The Hall–Kier alpha value is -3.16. The van der Waals surface area contributed by atoms with Crippen LogP contribution < -0.4 is 22.1 Å². The van der Waals surface area contributed by atoms with Crippen LogP contribution in [0.1, 0.15) is 32.4 Å². The number of aromatic nitrogens is 2. The summed E-state index contributed by atoms with van der Waals surface area (Å²) < 4.78 is 39.3. The number of nitrogens with two attached hydrogens (primary N) is 1. The first-order valence-electron chi connectivity index (χ1n) is 15.2. The van der Waals surface area contributed by atoms with Crippen LogP contribution in [0.5, 0.6) is 0 Å². The highest BCUT2D eigenvalue weighted by Gasteiger charge is 2.59. The maximum absolute atomic E-state index is 13.0. The van der Waals surface area contributed by atoms with Gasteiger partial charge in [0.15, 0.2) is 6.23 Å². The molecule has 10 unspecified atom stereocenters. The number of aliphatic hydroxyl groups is 6. The van der Waals surface area contributed by atoms with E-state index in [0.717, 1.165) is 17.2 Å². The molecular weight excluding hydrogens is 701 g/mol. The number of ether oxygens (including phenoxy) is 3. The van der Waals surface area contributed by atoms with Gasteiger partial charge in [0, 0.05) is 25.6 Å². The second-order valence-corrected chi connectivity index (χ2v) is 12.7. The van der Waals surface area contributed by atoms with E-state index in [1.807, 2.05) is 6.92 Å². The number of aliphatic hydroxyl groups excluding tert-OH is 6. The molecule has 11 atom stereocenters. The van der Waals surface area contributed by atoms with Crippen molar-refractivity contribution in [3.63, 3.8) is 0 Å². The van der Waals surface area contributed by atoms with Gasteiger partial charge in [0.05, 0.1) is 38.5 Å². The highest BCUT2D eigenvalue weighted by molar-refractivity contribution is 7.47. The molecule has 0 aromatic carbocycles. The predicted octanol–water partition coefficient (Wildman–Crippen LogP) is -5.36. The number of hydrogen-bond donors (Lipinski definition) is 11. The number of phosphoric acid groups is 1. The average molecular weight is 744 g/mol. The molecule has 2 aliphatic heterocycles. The Kier molecular flexibility index (Phi) is 14.7. The summed E-state index contributed by atoms with van der Waals surface area (Å²) in [4.78, 5) is 63.1. The number of nitrogens with one attached hydrogen (secondary N) is 2. The van der Waals surface area contributed by atoms with E-state index in [1.54, 1.807) is 0 Å². The summed E-state index contributed by atoms with van der Waals surface area (Å²) in [6.45, 7) is -0.456. The molecule has 284 valence electrons. The molecule has 50 heavy (non-hydrogen) atoms. The summed E-state index contributed by atoms with van der Waals surface area (Å²) in [6, 6.07) is -0.553. The molecule has 0 bridgehead atoms. The van der Waals surface area contributed by atoms with E-state index in [0.29, 0.717) is 6.61 Å². The minimum Gasteiger partial charge on any atom is -0.477 e. The lowest BCUT2D eigenvalue weighted by Crippen LogP contribution is -2.68. The highest BCUT2D eigenvalue weighted by atomic mass is 31.2. The lowest BCUT2D eigenvalue weighted by molar-refractivity contribution is -0.289. The topological polar surface area (TPSA) is 361 Å². The maximum atomic E-state index is 13.0. The van der Waals surface area contributed by atoms with Crippen molar-refractivity contribution in [3.8, 4) is 0 Å². The van der Waals surface area contributed by atoms with Crippen molar-refractivity contribution >= 4 is 31.4 Å². The Morgan fingerprint density at radius 2 is 1.90 bits per heavy atom. The van der Waals surface area contributed by atoms with E-state index in [2.05, 4.69) is 15.6 Å². The maximum Gasteiger partial charge on any atom is 0.475 e. The third kappa shape index (κ3) is 10.4. The fourth-order valence-electron chi connectivity index (χ4n) is 5.00. The van der Waals surface area contributed by atoms with Crippen molar-refractivity contribution in [1.29, 1.82) is 0 Å². The van der Waals surface area contributed by atoms with E-state index >= 15 is 0 Å². The quantitative estimate of drug-likeness (QED) is 0.0494. The van der Waals surface area contributed by atoms with Gasteiger partial charge < -0.3 is 71.2 Å². The fourth-order valence-corrected chi connectivity index (χ4v) is 5.95.